The summed E-state index contributed by atoms with van der Waals surface area (Å²) in [5.41, 5.74) is 1.40. The molecule has 0 spiro atoms. The zero-order valence-electron chi connectivity index (χ0n) is 11.3. The first-order valence-electron chi connectivity index (χ1n) is 5.99. The van der Waals surface area contributed by atoms with Crippen LogP contribution in [0.25, 0.3) is 0 Å². The monoisotopic (exact) mass is 263 g/mol. The molecular weight excluding hydrogens is 246 g/mol. The van der Waals surface area contributed by atoms with E-state index in [9.17, 15) is 9.59 Å². The van der Waals surface area contributed by atoms with Gasteiger partial charge in [-0.05, 0) is 25.2 Å². The van der Waals surface area contributed by atoms with Crippen molar-refractivity contribution in [3.05, 3.63) is 18.2 Å². The minimum atomic E-state index is -0.103. The summed E-state index contributed by atoms with van der Waals surface area (Å²) in [6, 6.07) is 5.35. The van der Waals surface area contributed by atoms with Gasteiger partial charge in [0.05, 0.1) is 12.2 Å². The first kappa shape index (κ1) is 13.4. The lowest BCUT2D eigenvalue weighted by Gasteiger charge is -2.27. The summed E-state index contributed by atoms with van der Waals surface area (Å²) in [7, 11) is 5.12. The van der Waals surface area contributed by atoms with Crippen molar-refractivity contribution in [1.82, 2.24) is 5.32 Å². The second kappa shape index (κ2) is 5.27. The van der Waals surface area contributed by atoms with Crippen LogP contribution in [0.4, 0.5) is 11.4 Å². The highest BCUT2D eigenvalue weighted by Gasteiger charge is 2.23. The van der Waals surface area contributed by atoms with Crippen molar-refractivity contribution in [3.63, 3.8) is 0 Å². The molecule has 102 valence electrons. The van der Waals surface area contributed by atoms with Crippen LogP contribution >= 0.6 is 0 Å². The molecule has 0 radical (unpaired) electrons. The van der Waals surface area contributed by atoms with Gasteiger partial charge in [-0.25, -0.2) is 0 Å². The van der Waals surface area contributed by atoms with E-state index in [-0.39, 0.29) is 25.0 Å². The van der Waals surface area contributed by atoms with Gasteiger partial charge in [-0.3, -0.25) is 9.59 Å². The van der Waals surface area contributed by atoms with Gasteiger partial charge < -0.3 is 19.9 Å². The van der Waals surface area contributed by atoms with Gasteiger partial charge in [0.15, 0.2) is 6.61 Å². The Kier molecular flexibility index (Phi) is 3.71. The molecule has 0 aromatic heterocycles. The maximum absolute atomic E-state index is 11.8. The van der Waals surface area contributed by atoms with Crippen molar-refractivity contribution in [3.8, 4) is 5.75 Å². The van der Waals surface area contributed by atoms with Crippen LogP contribution in [0.15, 0.2) is 18.2 Å². The molecule has 1 N–H and O–H groups in total. The summed E-state index contributed by atoms with van der Waals surface area (Å²) >= 11 is 0. The van der Waals surface area contributed by atoms with Gasteiger partial charge >= 0.3 is 0 Å². The van der Waals surface area contributed by atoms with Gasteiger partial charge in [0, 0.05) is 19.8 Å². The lowest BCUT2D eigenvalue weighted by molar-refractivity contribution is -0.121. The maximum atomic E-state index is 11.8. The van der Waals surface area contributed by atoms with Crippen molar-refractivity contribution in [2.45, 2.75) is 0 Å². The van der Waals surface area contributed by atoms with Crippen molar-refractivity contribution in [1.29, 1.82) is 0 Å². The molecule has 0 fully saturated rings. The van der Waals surface area contributed by atoms with E-state index in [1.807, 2.05) is 0 Å². The minimum Gasteiger partial charge on any atom is -0.482 e. The van der Waals surface area contributed by atoms with Gasteiger partial charge in [0.2, 0.25) is 5.91 Å². The highest BCUT2D eigenvalue weighted by Crippen LogP contribution is 2.34. The predicted molar refractivity (Wildman–Crippen MR) is 72.7 cm³/mol. The SMILES string of the molecule is CNCC(=O)N(C)c1ccc2c(c1)N(C)C(=O)CO2. The van der Waals surface area contributed by atoms with Gasteiger partial charge in [-0.15, -0.1) is 0 Å². The molecule has 0 saturated heterocycles. The molecule has 6 nitrogen and oxygen atoms in total. The molecule has 1 aromatic carbocycles. The Morgan fingerprint density at radius 2 is 2.26 bits per heavy atom. The van der Waals surface area contributed by atoms with Crippen LogP contribution < -0.4 is 19.9 Å². The summed E-state index contributed by atoms with van der Waals surface area (Å²) in [5, 5.41) is 2.82. The Hall–Kier alpha value is -2.08. The number of hydrogen-bond donors (Lipinski definition) is 1. The van der Waals surface area contributed by atoms with Gasteiger partial charge in [-0.1, -0.05) is 0 Å². The first-order valence-corrected chi connectivity index (χ1v) is 5.99. The Bertz CT molecular complexity index is 516. The number of hydrogen-bond acceptors (Lipinski definition) is 4. The lowest BCUT2D eigenvalue weighted by Crippen LogP contribution is -2.36. The largest absolute Gasteiger partial charge is 0.482 e. The number of benzene rings is 1. The number of carbonyl (C=O) groups excluding carboxylic acids is 2. The average molecular weight is 263 g/mol. The fraction of sp³-hybridized carbons (Fsp3) is 0.385. The predicted octanol–water partition coefficient (Wildman–Crippen LogP) is 0.224. The molecule has 2 rings (SSSR count). The smallest absolute Gasteiger partial charge is 0.264 e. The van der Waals surface area contributed by atoms with Crippen LogP contribution in [0.3, 0.4) is 0 Å². The topological polar surface area (TPSA) is 61.9 Å². The quantitative estimate of drug-likeness (QED) is 0.847. The van der Waals surface area contributed by atoms with Crippen molar-refractivity contribution >= 4 is 23.2 Å². The number of amides is 2. The van der Waals surface area contributed by atoms with Crippen LogP contribution in [0.2, 0.25) is 0 Å². The molecular formula is C13H17N3O3. The molecule has 1 aliphatic rings. The number of likely N-dealkylation sites (N-methyl/N-ethyl adjacent to an activating group) is 3. The molecule has 1 heterocycles. The van der Waals surface area contributed by atoms with Crippen LogP contribution in [0.1, 0.15) is 0 Å². The number of rotatable bonds is 3. The summed E-state index contributed by atoms with van der Waals surface area (Å²) in [4.78, 5) is 26.5. The molecule has 0 saturated carbocycles. The molecule has 19 heavy (non-hydrogen) atoms. The number of fused-ring (bicyclic) bond motifs is 1. The fourth-order valence-electron chi connectivity index (χ4n) is 1.88. The minimum absolute atomic E-state index is 0.0480. The number of anilines is 2. The van der Waals surface area contributed by atoms with E-state index in [2.05, 4.69) is 5.32 Å². The highest BCUT2D eigenvalue weighted by atomic mass is 16.5. The van der Waals surface area contributed by atoms with E-state index in [0.717, 1.165) is 5.69 Å². The highest BCUT2D eigenvalue weighted by molar-refractivity contribution is 5.99. The van der Waals surface area contributed by atoms with E-state index < -0.39 is 0 Å². The number of nitrogens with one attached hydrogen (secondary N) is 1. The average Bonchev–Trinajstić information content (AvgIpc) is 2.42. The molecule has 0 unspecified atom stereocenters. The molecule has 1 aromatic rings. The second-order valence-corrected chi connectivity index (χ2v) is 4.38. The second-order valence-electron chi connectivity index (χ2n) is 4.38. The van der Waals surface area contributed by atoms with Gasteiger partial charge in [-0.2, -0.15) is 0 Å². The van der Waals surface area contributed by atoms with Gasteiger partial charge in [0.25, 0.3) is 5.91 Å². The van der Waals surface area contributed by atoms with Crippen LogP contribution in [0, 0.1) is 0 Å². The fourth-order valence-corrected chi connectivity index (χ4v) is 1.88. The molecule has 2 amide bonds. The van der Waals surface area contributed by atoms with Crippen LogP contribution in [-0.4, -0.2) is 46.1 Å². The lowest BCUT2D eigenvalue weighted by atomic mass is 10.2. The van der Waals surface area contributed by atoms with Crippen molar-refractivity contribution in [2.75, 3.05) is 44.1 Å². The van der Waals surface area contributed by atoms with Crippen LogP contribution in [-0.2, 0) is 9.59 Å². The van der Waals surface area contributed by atoms with Crippen molar-refractivity contribution < 1.29 is 14.3 Å². The standard InChI is InChI=1S/C13H17N3O3/c1-14-7-12(17)15(2)9-4-5-11-10(6-9)16(3)13(18)8-19-11/h4-6,14H,7-8H2,1-3H3. The third-order valence-electron chi connectivity index (χ3n) is 3.12. The summed E-state index contributed by atoms with van der Waals surface area (Å²) in [5.74, 6) is 0.502. The molecule has 0 atom stereocenters. The van der Waals surface area contributed by atoms with Crippen LogP contribution in [0.5, 0.6) is 5.75 Å². The summed E-state index contributed by atoms with van der Waals surface area (Å²) in [6.45, 7) is 0.316. The van der Waals surface area contributed by atoms with E-state index in [1.165, 1.54) is 0 Å². The Morgan fingerprint density at radius 3 is 2.95 bits per heavy atom. The van der Waals surface area contributed by atoms with Gasteiger partial charge in [0.1, 0.15) is 5.75 Å². The Balaban J connectivity index is 2.30. The number of carbonyl (C=O) groups is 2. The summed E-state index contributed by atoms with van der Waals surface area (Å²) < 4.78 is 5.34. The molecule has 0 aliphatic carbocycles. The normalized spacial score (nSPS) is 13.8. The number of ether oxygens (including phenoxy) is 1. The molecule has 0 bridgehead atoms. The zero-order chi connectivity index (χ0) is 14.0. The van der Waals surface area contributed by atoms with E-state index >= 15 is 0 Å². The first-order chi connectivity index (χ1) is 9.04. The third kappa shape index (κ3) is 2.53. The Labute approximate surface area is 111 Å². The zero-order valence-corrected chi connectivity index (χ0v) is 11.3. The molecule has 1 aliphatic heterocycles. The maximum Gasteiger partial charge on any atom is 0.264 e. The number of nitrogens with zero attached hydrogens (tertiary/aromatic N) is 2. The summed E-state index contributed by atoms with van der Waals surface area (Å²) in [6.07, 6.45) is 0. The van der Waals surface area contributed by atoms with Crippen molar-refractivity contribution in [2.24, 2.45) is 0 Å². The van der Waals surface area contributed by atoms with E-state index in [1.54, 1.807) is 49.1 Å². The Morgan fingerprint density at radius 1 is 1.53 bits per heavy atom. The molecule has 6 heteroatoms. The van der Waals surface area contributed by atoms with E-state index in [4.69, 9.17) is 4.74 Å². The third-order valence-corrected chi connectivity index (χ3v) is 3.12. The van der Waals surface area contributed by atoms with E-state index in [0.29, 0.717) is 11.4 Å².